The minimum atomic E-state index is -4.86. The molecule has 0 amide bonds. The smallest absolute Gasteiger partial charge is 0.406 e. The summed E-state index contributed by atoms with van der Waals surface area (Å²) in [7, 11) is 0. The summed E-state index contributed by atoms with van der Waals surface area (Å²) in [5.41, 5.74) is 0.304. The molecule has 1 aliphatic heterocycles. The molecule has 0 N–H and O–H groups in total. The molecule has 0 bridgehead atoms. The minimum Gasteiger partial charge on any atom is -0.406 e. The van der Waals surface area contributed by atoms with Crippen molar-refractivity contribution in [3.63, 3.8) is 0 Å². The number of hydrogen-bond acceptors (Lipinski definition) is 2. The van der Waals surface area contributed by atoms with Gasteiger partial charge in [-0.25, -0.2) is 0 Å². The first-order valence-electron chi connectivity index (χ1n) is 5.80. The van der Waals surface area contributed by atoms with E-state index in [2.05, 4.69) is 9.47 Å². The van der Waals surface area contributed by atoms with E-state index in [0.717, 1.165) is 12.1 Å². The van der Waals surface area contributed by atoms with Gasteiger partial charge in [0.1, 0.15) is 5.75 Å². The van der Waals surface area contributed by atoms with Gasteiger partial charge in [0.15, 0.2) is 6.10 Å². The van der Waals surface area contributed by atoms with Crippen LogP contribution in [0.1, 0.15) is 17.9 Å². The summed E-state index contributed by atoms with van der Waals surface area (Å²) >= 11 is 5.82. The van der Waals surface area contributed by atoms with E-state index in [1.807, 2.05) is 0 Å². The van der Waals surface area contributed by atoms with E-state index in [4.69, 9.17) is 11.6 Å². The summed E-state index contributed by atoms with van der Waals surface area (Å²) in [6.45, 7) is -0.191. The lowest BCUT2D eigenvalue weighted by Crippen LogP contribution is -2.27. The number of hydrogen-bond donors (Lipinski definition) is 0. The van der Waals surface area contributed by atoms with Crippen LogP contribution in [-0.2, 0) is 4.74 Å². The molecule has 0 aromatic heterocycles. The Bertz CT molecular complexity index is 513. The monoisotopic (exact) mass is 334 g/mol. The standard InChI is InChI=1S/C12H9ClF6O2/c13-9-4-7(21-12(17,18)19)1-2-8(9)6-3-10(20-5-6)11(14,15)16/h1-2,4,6,10H,3,5H2. The Kier molecular flexibility index (Phi) is 4.30. The second-order valence-electron chi connectivity index (χ2n) is 4.53. The summed E-state index contributed by atoms with van der Waals surface area (Å²) in [6.07, 6.45) is -11.5. The summed E-state index contributed by atoms with van der Waals surface area (Å²) in [6, 6.07) is 3.15. The molecule has 2 atom stereocenters. The van der Waals surface area contributed by atoms with Crippen LogP contribution in [0.5, 0.6) is 5.75 Å². The third-order valence-electron chi connectivity index (χ3n) is 3.01. The molecule has 1 saturated heterocycles. The molecule has 1 aromatic rings. The lowest BCUT2D eigenvalue weighted by molar-refractivity contribution is -0.274. The van der Waals surface area contributed by atoms with Crippen molar-refractivity contribution in [3.8, 4) is 5.75 Å². The average molecular weight is 335 g/mol. The number of benzene rings is 1. The van der Waals surface area contributed by atoms with Crippen LogP contribution >= 0.6 is 11.6 Å². The Morgan fingerprint density at radius 1 is 1.14 bits per heavy atom. The summed E-state index contributed by atoms with van der Waals surface area (Å²) < 4.78 is 82.0. The SMILES string of the molecule is FC(F)(F)Oc1ccc(C2COC(C(F)(F)F)C2)c(Cl)c1. The molecule has 21 heavy (non-hydrogen) atoms. The van der Waals surface area contributed by atoms with Gasteiger partial charge >= 0.3 is 12.5 Å². The van der Waals surface area contributed by atoms with Gasteiger partial charge in [-0.2, -0.15) is 13.2 Å². The highest BCUT2D eigenvalue weighted by Gasteiger charge is 2.46. The normalized spacial score (nSPS) is 23.4. The zero-order valence-corrected chi connectivity index (χ0v) is 11.0. The molecule has 0 saturated carbocycles. The quantitative estimate of drug-likeness (QED) is 0.732. The molecule has 118 valence electrons. The van der Waals surface area contributed by atoms with Crippen molar-refractivity contribution in [1.82, 2.24) is 0 Å². The van der Waals surface area contributed by atoms with Gasteiger partial charge < -0.3 is 9.47 Å². The van der Waals surface area contributed by atoms with Crippen LogP contribution in [0.25, 0.3) is 0 Å². The summed E-state index contributed by atoms with van der Waals surface area (Å²) in [5, 5.41) is -0.0897. The largest absolute Gasteiger partial charge is 0.573 e. The Hall–Kier alpha value is -1.15. The maximum atomic E-state index is 12.5. The van der Waals surface area contributed by atoms with E-state index < -0.39 is 30.3 Å². The highest BCUT2D eigenvalue weighted by molar-refractivity contribution is 6.31. The van der Waals surface area contributed by atoms with Crippen LogP contribution in [0.3, 0.4) is 0 Å². The molecule has 2 unspecified atom stereocenters. The van der Waals surface area contributed by atoms with Gasteiger partial charge in [0, 0.05) is 10.9 Å². The fourth-order valence-electron chi connectivity index (χ4n) is 2.11. The van der Waals surface area contributed by atoms with Crippen molar-refractivity contribution in [2.75, 3.05) is 6.61 Å². The molecule has 1 heterocycles. The van der Waals surface area contributed by atoms with Gasteiger partial charge in [-0.1, -0.05) is 17.7 Å². The predicted molar refractivity (Wildman–Crippen MR) is 61.3 cm³/mol. The third-order valence-corrected chi connectivity index (χ3v) is 3.33. The fourth-order valence-corrected chi connectivity index (χ4v) is 2.43. The van der Waals surface area contributed by atoms with Crippen molar-refractivity contribution >= 4 is 11.6 Å². The first-order chi connectivity index (χ1) is 9.56. The number of ether oxygens (including phenoxy) is 2. The molecule has 0 spiro atoms. The molecule has 1 aliphatic rings. The van der Waals surface area contributed by atoms with Crippen molar-refractivity contribution < 1.29 is 35.8 Å². The minimum absolute atomic E-state index is 0.0897. The first kappa shape index (κ1) is 16.2. The van der Waals surface area contributed by atoms with E-state index in [1.165, 1.54) is 6.07 Å². The Morgan fingerprint density at radius 3 is 2.29 bits per heavy atom. The third kappa shape index (κ3) is 4.16. The van der Waals surface area contributed by atoms with Crippen molar-refractivity contribution in [3.05, 3.63) is 28.8 Å². The zero-order valence-electron chi connectivity index (χ0n) is 10.3. The van der Waals surface area contributed by atoms with Gasteiger partial charge in [0.25, 0.3) is 0 Å². The molecule has 2 nitrogen and oxygen atoms in total. The molecule has 0 aliphatic carbocycles. The van der Waals surface area contributed by atoms with Crippen LogP contribution in [0.2, 0.25) is 5.02 Å². The van der Waals surface area contributed by atoms with Crippen molar-refractivity contribution in [1.29, 1.82) is 0 Å². The average Bonchev–Trinajstić information content (AvgIpc) is 2.75. The van der Waals surface area contributed by atoms with E-state index >= 15 is 0 Å². The van der Waals surface area contributed by atoms with Gasteiger partial charge in [-0.05, 0) is 24.1 Å². The van der Waals surface area contributed by atoms with Crippen LogP contribution in [0, 0.1) is 0 Å². The van der Waals surface area contributed by atoms with E-state index in [9.17, 15) is 26.3 Å². The predicted octanol–water partition coefficient (Wildman–Crippen LogP) is 4.67. The van der Waals surface area contributed by atoms with E-state index in [1.54, 1.807) is 0 Å². The Morgan fingerprint density at radius 2 is 1.81 bits per heavy atom. The molecule has 2 rings (SSSR count). The lowest BCUT2D eigenvalue weighted by atomic mass is 9.96. The maximum Gasteiger partial charge on any atom is 0.573 e. The Balaban J connectivity index is 2.12. The summed E-state index contributed by atoms with van der Waals surface area (Å²) in [5.74, 6) is -1.15. The maximum absolute atomic E-state index is 12.5. The molecule has 1 aromatic carbocycles. The van der Waals surface area contributed by atoms with Crippen molar-refractivity contribution in [2.24, 2.45) is 0 Å². The highest BCUT2D eigenvalue weighted by atomic mass is 35.5. The van der Waals surface area contributed by atoms with Crippen molar-refractivity contribution in [2.45, 2.75) is 31.0 Å². The van der Waals surface area contributed by atoms with Gasteiger partial charge in [-0.15, -0.1) is 13.2 Å². The van der Waals surface area contributed by atoms with Gasteiger partial charge in [0.2, 0.25) is 0 Å². The lowest BCUT2D eigenvalue weighted by Gasteiger charge is -2.15. The topological polar surface area (TPSA) is 18.5 Å². The number of rotatable bonds is 2. The molecule has 1 fully saturated rings. The highest BCUT2D eigenvalue weighted by Crippen LogP contribution is 2.40. The first-order valence-corrected chi connectivity index (χ1v) is 6.17. The zero-order chi connectivity index (χ0) is 15.8. The fraction of sp³-hybridized carbons (Fsp3) is 0.500. The van der Waals surface area contributed by atoms with E-state index in [-0.39, 0.29) is 18.1 Å². The van der Waals surface area contributed by atoms with Gasteiger partial charge in [0.05, 0.1) is 6.61 Å². The number of alkyl halides is 6. The second kappa shape index (κ2) is 5.57. The van der Waals surface area contributed by atoms with Crippen LogP contribution in [-0.4, -0.2) is 25.2 Å². The molecular formula is C12H9ClF6O2. The molecule has 9 heteroatoms. The van der Waals surface area contributed by atoms with Gasteiger partial charge in [-0.3, -0.25) is 0 Å². The second-order valence-corrected chi connectivity index (χ2v) is 4.93. The molecular weight excluding hydrogens is 326 g/mol. The van der Waals surface area contributed by atoms with E-state index in [0.29, 0.717) is 5.56 Å². The van der Waals surface area contributed by atoms with Crippen LogP contribution in [0.15, 0.2) is 18.2 Å². The Labute approximate surface area is 120 Å². The number of halogens is 7. The van der Waals surface area contributed by atoms with Crippen LogP contribution < -0.4 is 4.74 Å². The van der Waals surface area contributed by atoms with Crippen LogP contribution in [0.4, 0.5) is 26.3 Å². The summed E-state index contributed by atoms with van der Waals surface area (Å²) in [4.78, 5) is 0. The molecule has 0 radical (unpaired) electrons.